The first-order valence-electron chi connectivity index (χ1n) is 11.8. The van der Waals surface area contributed by atoms with Crippen molar-refractivity contribution in [3.8, 4) is 11.3 Å². The molecule has 35 heavy (non-hydrogen) atoms. The highest BCUT2D eigenvalue weighted by atomic mass is 19.1. The third-order valence-electron chi connectivity index (χ3n) is 7.89. The Hall–Kier alpha value is -3.27. The van der Waals surface area contributed by atoms with Crippen molar-refractivity contribution in [3.05, 3.63) is 52.5 Å². The third-order valence-corrected chi connectivity index (χ3v) is 7.89. The van der Waals surface area contributed by atoms with Crippen LogP contribution in [0.3, 0.4) is 0 Å². The van der Waals surface area contributed by atoms with Crippen molar-refractivity contribution >= 4 is 17.7 Å². The van der Waals surface area contributed by atoms with Crippen LogP contribution in [0.4, 0.5) is 13.2 Å². The van der Waals surface area contributed by atoms with Gasteiger partial charge in [0.2, 0.25) is 11.8 Å². The van der Waals surface area contributed by atoms with E-state index in [2.05, 4.69) is 10.3 Å². The third kappa shape index (κ3) is 3.45. The molecular weight excluding hydrogens is 461 g/mol. The fraction of sp³-hybridized carbons (Fsp3) is 0.440. The van der Waals surface area contributed by atoms with Gasteiger partial charge < -0.3 is 4.90 Å². The van der Waals surface area contributed by atoms with Gasteiger partial charge in [0, 0.05) is 48.3 Å². The quantitative estimate of drug-likeness (QED) is 0.675. The Kier molecular flexibility index (Phi) is 5.00. The van der Waals surface area contributed by atoms with Crippen LogP contribution in [0.5, 0.6) is 0 Å². The van der Waals surface area contributed by atoms with Crippen molar-refractivity contribution in [2.45, 2.75) is 51.2 Å². The minimum atomic E-state index is -0.912. The molecule has 2 aromatic rings. The lowest BCUT2D eigenvalue weighted by Gasteiger charge is -2.56. The maximum Gasteiger partial charge on any atom is 0.255 e. The van der Waals surface area contributed by atoms with E-state index in [0.717, 1.165) is 32.1 Å². The Labute approximate surface area is 199 Å². The smallest absolute Gasteiger partial charge is 0.255 e. The summed E-state index contributed by atoms with van der Waals surface area (Å²) in [6.07, 6.45) is 4.61. The molecule has 10 heteroatoms. The predicted octanol–water partition coefficient (Wildman–Crippen LogP) is 2.91. The summed E-state index contributed by atoms with van der Waals surface area (Å²) in [5.41, 5.74) is -0.225. The van der Waals surface area contributed by atoms with Crippen LogP contribution in [0.25, 0.3) is 11.3 Å². The molecule has 4 aliphatic rings. The van der Waals surface area contributed by atoms with Crippen molar-refractivity contribution < 1.29 is 27.6 Å². The summed E-state index contributed by atoms with van der Waals surface area (Å²) >= 11 is 0. The number of likely N-dealkylation sites (tertiary alicyclic amines) is 1. The zero-order valence-corrected chi connectivity index (χ0v) is 18.9. The largest absolute Gasteiger partial charge is 0.322 e. The number of imide groups is 1. The molecule has 0 radical (unpaired) electrons. The number of aromatic nitrogens is 1. The van der Waals surface area contributed by atoms with Gasteiger partial charge in [0.05, 0.1) is 12.7 Å². The number of fused-ring (bicyclic) bond motifs is 1. The second-order valence-electron chi connectivity index (χ2n) is 10.1. The molecule has 1 atom stereocenters. The van der Waals surface area contributed by atoms with Crippen LogP contribution in [-0.4, -0.2) is 51.6 Å². The lowest BCUT2D eigenvalue weighted by atomic mass is 9.63. The molecule has 3 aliphatic heterocycles. The van der Waals surface area contributed by atoms with Gasteiger partial charge in [-0.3, -0.25) is 24.6 Å². The fourth-order valence-corrected chi connectivity index (χ4v) is 5.85. The van der Waals surface area contributed by atoms with Gasteiger partial charge in [-0.15, -0.1) is 0 Å². The average Bonchev–Trinajstić information content (AvgIpc) is 3.09. The standard InChI is InChI=1S/C25H23F3N4O3/c26-17-8-29-22(21(28)16(17)9-31-11-25(12-31)6-1-7-25)14-3-2-13-15(20(14)27)10-32(24(13)35)18-4-5-19(33)30-23(18)34/h2-3,8,18H,1,4-7,9-12H2,(H,30,33,34). The molecule has 1 saturated carbocycles. The second-order valence-corrected chi connectivity index (χ2v) is 10.1. The van der Waals surface area contributed by atoms with E-state index in [9.17, 15) is 18.8 Å². The van der Waals surface area contributed by atoms with Crippen molar-refractivity contribution in [2.75, 3.05) is 13.1 Å². The molecule has 182 valence electrons. The number of rotatable bonds is 4. The van der Waals surface area contributed by atoms with E-state index < -0.39 is 41.2 Å². The molecule has 3 fully saturated rings. The van der Waals surface area contributed by atoms with Crippen LogP contribution >= 0.6 is 0 Å². The first-order valence-corrected chi connectivity index (χ1v) is 11.8. The van der Waals surface area contributed by atoms with Crippen LogP contribution in [0, 0.1) is 22.9 Å². The number of pyridine rings is 1. The SMILES string of the molecule is O=C1CCC(N2Cc3c(ccc(-c4ncc(F)c(CN5CC6(CCC6)C5)c4F)c3F)C2=O)C(=O)N1. The van der Waals surface area contributed by atoms with E-state index in [1.165, 1.54) is 23.5 Å². The molecule has 7 nitrogen and oxygen atoms in total. The van der Waals surface area contributed by atoms with Gasteiger partial charge in [-0.25, -0.2) is 18.2 Å². The topological polar surface area (TPSA) is 82.6 Å². The Morgan fingerprint density at radius 1 is 1.06 bits per heavy atom. The number of halogens is 3. The average molecular weight is 484 g/mol. The lowest BCUT2D eigenvalue weighted by molar-refractivity contribution is -0.136. The van der Waals surface area contributed by atoms with Gasteiger partial charge in [0.25, 0.3) is 5.91 Å². The predicted molar refractivity (Wildman–Crippen MR) is 117 cm³/mol. The highest BCUT2D eigenvalue weighted by Crippen LogP contribution is 2.48. The summed E-state index contributed by atoms with van der Waals surface area (Å²) in [7, 11) is 0. The first-order chi connectivity index (χ1) is 16.8. The van der Waals surface area contributed by atoms with Crippen LogP contribution in [-0.2, 0) is 22.7 Å². The van der Waals surface area contributed by atoms with E-state index in [4.69, 9.17) is 0 Å². The van der Waals surface area contributed by atoms with Crippen molar-refractivity contribution in [1.82, 2.24) is 20.1 Å². The zero-order valence-electron chi connectivity index (χ0n) is 18.9. The molecular formula is C25H23F3N4O3. The number of carbonyl (C=O) groups excluding carboxylic acids is 3. The molecule has 6 rings (SSSR count). The molecule has 4 heterocycles. The number of benzene rings is 1. The van der Waals surface area contributed by atoms with Crippen molar-refractivity contribution in [2.24, 2.45) is 5.41 Å². The highest BCUT2D eigenvalue weighted by Gasteiger charge is 2.47. The van der Waals surface area contributed by atoms with Crippen LogP contribution < -0.4 is 5.32 Å². The van der Waals surface area contributed by atoms with E-state index in [-0.39, 0.29) is 53.9 Å². The zero-order chi connectivity index (χ0) is 24.5. The van der Waals surface area contributed by atoms with Gasteiger partial charge in [0.15, 0.2) is 5.82 Å². The molecule has 2 saturated heterocycles. The number of nitrogens with zero attached hydrogens (tertiary/aromatic N) is 3. The molecule has 1 spiro atoms. The molecule has 1 unspecified atom stereocenters. The summed E-state index contributed by atoms with van der Waals surface area (Å²) in [5.74, 6) is -4.07. The minimum absolute atomic E-state index is 0.0268. The maximum atomic E-state index is 15.6. The van der Waals surface area contributed by atoms with Crippen LogP contribution in [0.15, 0.2) is 18.3 Å². The lowest BCUT2D eigenvalue weighted by Crippen LogP contribution is -2.59. The Morgan fingerprint density at radius 3 is 2.49 bits per heavy atom. The summed E-state index contributed by atoms with van der Waals surface area (Å²) in [6.45, 7) is 1.50. The van der Waals surface area contributed by atoms with E-state index in [1.54, 1.807) is 0 Å². The summed E-state index contributed by atoms with van der Waals surface area (Å²) in [5, 5.41) is 2.20. The Bertz CT molecular complexity index is 1290. The number of piperidine rings is 1. The molecule has 1 aliphatic carbocycles. The number of amides is 3. The first kappa shape index (κ1) is 22.2. The van der Waals surface area contributed by atoms with E-state index in [1.807, 2.05) is 4.90 Å². The molecule has 1 aromatic heterocycles. The second kappa shape index (κ2) is 7.87. The summed E-state index contributed by atoms with van der Waals surface area (Å²) in [6, 6.07) is 1.75. The summed E-state index contributed by atoms with van der Waals surface area (Å²) < 4.78 is 45.5. The minimum Gasteiger partial charge on any atom is -0.322 e. The van der Waals surface area contributed by atoms with Gasteiger partial charge in [-0.05, 0) is 36.8 Å². The molecule has 1 aromatic carbocycles. The van der Waals surface area contributed by atoms with E-state index >= 15 is 8.78 Å². The Balaban J connectivity index is 1.28. The van der Waals surface area contributed by atoms with Gasteiger partial charge in [-0.1, -0.05) is 6.42 Å². The Morgan fingerprint density at radius 2 is 1.80 bits per heavy atom. The fourth-order valence-electron chi connectivity index (χ4n) is 5.85. The monoisotopic (exact) mass is 484 g/mol. The normalized spacial score (nSPS) is 23.2. The molecule has 0 bridgehead atoms. The van der Waals surface area contributed by atoms with Gasteiger partial charge >= 0.3 is 0 Å². The van der Waals surface area contributed by atoms with E-state index in [0.29, 0.717) is 5.41 Å². The maximum absolute atomic E-state index is 15.6. The van der Waals surface area contributed by atoms with Gasteiger partial charge in [0.1, 0.15) is 23.4 Å². The summed E-state index contributed by atoms with van der Waals surface area (Å²) in [4.78, 5) is 43.6. The number of nitrogens with one attached hydrogen (secondary N) is 1. The highest BCUT2D eigenvalue weighted by molar-refractivity contribution is 6.05. The van der Waals surface area contributed by atoms with Crippen molar-refractivity contribution in [1.29, 1.82) is 0 Å². The van der Waals surface area contributed by atoms with Gasteiger partial charge in [-0.2, -0.15) is 0 Å². The molecule has 1 N–H and O–H groups in total. The number of carbonyl (C=O) groups is 3. The number of hydrogen-bond acceptors (Lipinski definition) is 5. The van der Waals surface area contributed by atoms with Crippen molar-refractivity contribution in [3.63, 3.8) is 0 Å². The molecule has 3 amide bonds. The number of hydrogen-bond donors (Lipinski definition) is 1. The van der Waals surface area contributed by atoms with Crippen LogP contribution in [0.2, 0.25) is 0 Å². The van der Waals surface area contributed by atoms with Crippen LogP contribution in [0.1, 0.15) is 53.6 Å².